The predicted molar refractivity (Wildman–Crippen MR) is 114 cm³/mol. The Balaban J connectivity index is 1.26. The molecule has 3 aromatic rings. The van der Waals surface area contributed by atoms with Crippen molar-refractivity contribution in [2.45, 2.75) is 38.8 Å². The molecule has 1 aromatic carbocycles. The van der Waals surface area contributed by atoms with Crippen molar-refractivity contribution in [3.8, 4) is 0 Å². The third-order valence-electron chi connectivity index (χ3n) is 6.29. The molecule has 2 aliphatic rings. The van der Waals surface area contributed by atoms with Crippen molar-refractivity contribution in [1.82, 2.24) is 19.6 Å². The van der Waals surface area contributed by atoms with E-state index in [1.807, 2.05) is 18.2 Å². The second kappa shape index (κ2) is 8.20. The molecule has 1 aliphatic carbocycles. The number of rotatable bonds is 5. The number of benzene rings is 1. The summed E-state index contributed by atoms with van der Waals surface area (Å²) >= 11 is 0. The van der Waals surface area contributed by atoms with Crippen molar-refractivity contribution < 1.29 is 9.63 Å². The first-order valence-corrected chi connectivity index (χ1v) is 10.8. The largest absolute Gasteiger partial charge is 0.395 e. The van der Waals surface area contributed by atoms with Gasteiger partial charge in [0.05, 0.1) is 30.4 Å². The molecule has 0 unspecified atom stereocenters. The molecular formula is C22H27N5O3. The van der Waals surface area contributed by atoms with Gasteiger partial charge in [-0.15, -0.1) is 0 Å². The lowest BCUT2D eigenvalue weighted by Crippen LogP contribution is -2.46. The van der Waals surface area contributed by atoms with E-state index in [0.717, 1.165) is 62.7 Å². The molecule has 1 fully saturated rings. The van der Waals surface area contributed by atoms with Crippen LogP contribution in [0, 0.1) is 0 Å². The first kappa shape index (κ1) is 19.3. The van der Waals surface area contributed by atoms with Gasteiger partial charge in [0.1, 0.15) is 11.5 Å². The number of piperazine rings is 1. The van der Waals surface area contributed by atoms with Gasteiger partial charge < -0.3 is 14.5 Å². The zero-order valence-electron chi connectivity index (χ0n) is 17.1. The summed E-state index contributed by atoms with van der Waals surface area (Å²) in [6.45, 7) is 4.82. The standard InChI is InChI=1S/C22H27N5O3/c28-12-11-27-15-23-19-13-16(5-6-18(19)22(27)29)26-9-7-25(8-10-26)14-20-17-3-1-2-4-21(17)30-24-20/h5-6,13,15,28H,1-4,7-12,14H2. The number of aryl methyl sites for hydroxylation is 1. The van der Waals surface area contributed by atoms with Crippen molar-refractivity contribution >= 4 is 16.6 Å². The van der Waals surface area contributed by atoms with E-state index in [1.54, 1.807) is 0 Å². The van der Waals surface area contributed by atoms with E-state index in [2.05, 4.69) is 19.9 Å². The molecule has 1 N–H and O–H groups in total. The number of aliphatic hydroxyl groups excluding tert-OH is 1. The smallest absolute Gasteiger partial charge is 0.261 e. The molecular weight excluding hydrogens is 382 g/mol. The minimum absolute atomic E-state index is 0.0768. The van der Waals surface area contributed by atoms with Gasteiger partial charge in [-0.2, -0.15) is 0 Å². The number of aliphatic hydroxyl groups is 1. The minimum Gasteiger partial charge on any atom is -0.395 e. The Morgan fingerprint density at radius 3 is 2.77 bits per heavy atom. The SMILES string of the molecule is O=c1c2ccc(N3CCN(Cc4noc5c4CCCC5)CC3)cc2ncn1CCO. The Labute approximate surface area is 174 Å². The van der Waals surface area contributed by atoms with Crippen LogP contribution in [0.1, 0.15) is 29.9 Å². The predicted octanol–water partition coefficient (Wildman–Crippen LogP) is 1.58. The minimum atomic E-state index is -0.110. The van der Waals surface area contributed by atoms with Crippen LogP contribution in [0.25, 0.3) is 10.9 Å². The van der Waals surface area contributed by atoms with E-state index in [9.17, 15) is 4.79 Å². The molecule has 5 rings (SSSR count). The molecule has 0 bridgehead atoms. The molecule has 0 amide bonds. The van der Waals surface area contributed by atoms with Gasteiger partial charge in [0.2, 0.25) is 0 Å². The Bertz CT molecular complexity index is 1100. The van der Waals surface area contributed by atoms with Crippen molar-refractivity contribution in [3.63, 3.8) is 0 Å². The summed E-state index contributed by atoms with van der Waals surface area (Å²) in [4.78, 5) is 21.7. The van der Waals surface area contributed by atoms with Crippen LogP contribution < -0.4 is 10.5 Å². The first-order valence-electron chi connectivity index (χ1n) is 10.8. The Kier molecular flexibility index (Phi) is 5.26. The maximum absolute atomic E-state index is 12.5. The normalized spacial score (nSPS) is 17.4. The molecule has 0 atom stereocenters. The van der Waals surface area contributed by atoms with E-state index in [4.69, 9.17) is 9.63 Å². The number of hydrogen-bond acceptors (Lipinski definition) is 7. The van der Waals surface area contributed by atoms with Crippen LogP contribution in [-0.2, 0) is 25.9 Å². The molecule has 1 aliphatic heterocycles. The van der Waals surface area contributed by atoms with Gasteiger partial charge in [-0.1, -0.05) is 5.16 Å². The maximum Gasteiger partial charge on any atom is 0.261 e. The zero-order chi connectivity index (χ0) is 20.5. The molecule has 0 spiro atoms. The summed E-state index contributed by atoms with van der Waals surface area (Å²) in [5, 5.41) is 14.0. The summed E-state index contributed by atoms with van der Waals surface area (Å²) in [6, 6.07) is 5.84. The highest BCUT2D eigenvalue weighted by Crippen LogP contribution is 2.26. The lowest BCUT2D eigenvalue weighted by molar-refractivity contribution is 0.241. The quantitative estimate of drug-likeness (QED) is 0.684. The Hall–Kier alpha value is -2.71. The maximum atomic E-state index is 12.5. The molecule has 1 saturated heterocycles. The number of hydrogen-bond donors (Lipinski definition) is 1. The average Bonchev–Trinajstić information content (AvgIpc) is 3.19. The van der Waals surface area contributed by atoms with Crippen molar-refractivity contribution in [2.24, 2.45) is 0 Å². The number of fused-ring (bicyclic) bond motifs is 2. The van der Waals surface area contributed by atoms with Crippen LogP contribution in [0.2, 0.25) is 0 Å². The van der Waals surface area contributed by atoms with E-state index in [-0.39, 0.29) is 18.7 Å². The summed E-state index contributed by atoms with van der Waals surface area (Å²) in [6.07, 6.45) is 6.07. The highest BCUT2D eigenvalue weighted by atomic mass is 16.5. The fourth-order valence-electron chi connectivity index (χ4n) is 4.56. The Morgan fingerprint density at radius 2 is 1.93 bits per heavy atom. The lowest BCUT2D eigenvalue weighted by atomic mass is 9.96. The molecule has 30 heavy (non-hydrogen) atoms. The van der Waals surface area contributed by atoms with Gasteiger partial charge in [0.15, 0.2) is 0 Å². The van der Waals surface area contributed by atoms with E-state index in [0.29, 0.717) is 10.9 Å². The molecule has 158 valence electrons. The second-order valence-electron chi connectivity index (χ2n) is 8.17. The number of anilines is 1. The fraction of sp³-hybridized carbons (Fsp3) is 0.500. The number of aromatic nitrogens is 3. The summed E-state index contributed by atoms with van der Waals surface area (Å²) in [5.74, 6) is 1.09. The van der Waals surface area contributed by atoms with Gasteiger partial charge in [0, 0.05) is 50.4 Å². The third kappa shape index (κ3) is 3.61. The van der Waals surface area contributed by atoms with Crippen molar-refractivity contribution in [2.75, 3.05) is 37.7 Å². The van der Waals surface area contributed by atoms with Crippen molar-refractivity contribution in [3.05, 3.63) is 51.9 Å². The molecule has 0 saturated carbocycles. The number of nitrogens with zero attached hydrogens (tertiary/aromatic N) is 5. The zero-order valence-corrected chi connectivity index (χ0v) is 17.1. The van der Waals surface area contributed by atoms with E-state index in [1.165, 1.54) is 29.3 Å². The second-order valence-corrected chi connectivity index (χ2v) is 8.17. The fourth-order valence-corrected chi connectivity index (χ4v) is 4.56. The van der Waals surface area contributed by atoms with Crippen LogP contribution in [0.3, 0.4) is 0 Å². The topological polar surface area (TPSA) is 87.6 Å². The van der Waals surface area contributed by atoms with Gasteiger partial charge in [0.25, 0.3) is 5.56 Å². The van der Waals surface area contributed by atoms with Crippen LogP contribution in [0.5, 0.6) is 0 Å². The summed E-state index contributed by atoms with van der Waals surface area (Å²) in [7, 11) is 0. The van der Waals surface area contributed by atoms with Gasteiger partial charge >= 0.3 is 0 Å². The van der Waals surface area contributed by atoms with E-state index < -0.39 is 0 Å². The summed E-state index contributed by atoms with van der Waals surface area (Å²) < 4.78 is 7.01. The van der Waals surface area contributed by atoms with Crippen LogP contribution in [0.15, 0.2) is 33.8 Å². The highest BCUT2D eigenvalue weighted by Gasteiger charge is 2.23. The molecule has 3 heterocycles. The monoisotopic (exact) mass is 409 g/mol. The van der Waals surface area contributed by atoms with Crippen molar-refractivity contribution in [1.29, 1.82) is 0 Å². The van der Waals surface area contributed by atoms with E-state index >= 15 is 0 Å². The molecule has 0 radical (unpaired) electrons. The lowest BCUT2D eigenvalue weighted by Gasteiger charge is -2.36. The van der Waals surface area contributed by atoms with Crippen LogP contribution in [0.4, 0.5) is 5.69 Å². The van der Waals surface area contributed by atoms with Crippen LogP contribution in [-0.4, -0.2) is 57.5 Å². The highest BCUT2D eigenvalue weighted by molar-refractivity contribution is 5.81. The van der Waals surface area contributed by atoms with Gasteiger partial charge in [-0.3, -0.25) is 14.3 Å². The Morgan fingerprint density at radius 1 is 1.10 bits per heavy atom. The molecule has 8 heteroatoms. The third-order valence-corrected chi connectivity index (χ3v) is 6.29. The average molecular weight is 409 g/mol. The molecule has 2 aromatic heterocycles. The van der Waals surface area contributed by atoms with Gasteiger partial charge in [-0.05, 0) is 37.5 Å². The summed E-state index contributed by atoms with van der Waals surface area (Å²) in [5.41, 5.74) is 4.14. The first-order chi connectivity index (χ1) is 14.7. The van der Waals surface area contributed by atoms with Gasteiger partial charge in [-0.25, -0.2) is 4.98 Å². The molecule has 8 nitrogen and oxygen atoms in total. The van der Waals surface area contributed by atoms with Crippen LogP contribution >= 0.6 is 0 Å².